The topological polar surface area (TPSA) is 109 Å². The van der Waals surface area contributed by atoms with Crippen molar-refractivity contribution in [3.8, 4) is 17.6 Å². The van der Waals surface area contributed by atoms with E-state index in [2.05, 4.69) is 21.2 Å². The highest BCUT2D eigenvalue weighted by atomic mass is 79.9. The number of nitrogens with one attached hydrogen (secondary N) is 1. The molecule has 3 rings (SSSR count). The van der Waals surface area contributed by atoms with Gasteiger partial charge < -0.3 is 9.47 Å². The SMILES string of the molecule is COc1cc(C=C2C(=O)NC(=O)N(c3cccc(Br)c3)C2=O)ccc1OCC#N. The molecule has 0 radical (unpaired) electrons. The monoisotopic (exact) mass is 455 g/mol. The maximum Gasteiger partial charge on any atom is 0.335 e. The number of hydrogen-bond acceptors (Lipinski definition) is 6. The summed E-state index contributed by atoms with van der Waals surface area (Å²) in [5.74, 6) is -0.865. The van der Waals surface area contributed by atoms with Crippen LogP contribution in [0.15, 0.2) is 52.5 Å². The summed E-state index contributed by atoms with van der Waals surface area (Å²) in [6.07, 6.45) is 1.35. The van der Waals surface area contributed by atoms with E-state index in [-0.39, 0.29) is 12.2 Å². The molecule has 0 aromatic heterocycles. The minimum absolute atomic E-state index is 0.151. The number of barbiturate groups is 1. The summed E-state index contributed by atoms with van der Waals surface area (Å²) in [6, 6.07) is 12.3. The van der Waals surface area contributed by atoms with Crippen LogP contribution in [0.3, 0.4) is 0 Å². The summed E-state index contributed by atoms with van der Waals surface area (Å²) in [7, 11) is 1.43. The van der Waals surface area contributed by atoms with Crippen molar-refractivity contribution in [1.82, 2.24) is 5.32 Å². The number of carbonyl (C=O) groups is 3. The maximum atomic E-state index is 12.9. The Balaban J connectivity index is 1.97. The summed E-state index contributed by atoms with van der Waals surface area (Å²) < 4.78 is 11.2. The lowest BCUT2D eigenvalue weighted by Gasteiger charge is -2.26. The molecule has 0 atom stereocenters. The second-order valence-electron chi connectivity index (χ2n) is 5.79. The average Bonchev–Trinajstić information content (AvgIpc) is 2.69. The van der Waals surface area contributed by atoms with E-state index < -0.39 is 17.8 Å². The highest BCUT2D eigenvalue weighted by Gasteiger charge is 2.36. The van der Waals surface area contributed by atoms with E-state index in [1.165, 1.54) is 13.2 Å². The molecule has 29 heavy (non-hydrogen) atoms. The molecular weight excluding hydrogens is 442 g/mol. The zero-order valence-corrected chi connectivity index (χ0v) is 16.7. The van der Waals surface area contributed by atoms with Gasteiger partial charge in [-0.2, -0.15) is 5.26 Å². The van der Waals surface area contributed by atoms with Gasteiger partial charge in [-0.1, -0.05) is 28.1 Å². The highest BCUT2D eigenvalue weighted by Crippen LogP contribution is 2.30. The van der Waals surface area contributed by atoms with Crippen LogP contribution in [-0.4, -0.2) is 31.6 Å². The second-order valence-corrected chi connectivity index (χ2v) is 6.71. The zero-order chi connectivity index (χ0) is 21.0. The number of ether oxygens (including phenoxy) is 2. The first-order valence-corrected chi connectivity index (χ1v) is 9.08. The van der Waals surface area contributed by atoms with Gasteiger partial charge in [-0.15, -0.1) is 0 Å². The predicted molar refractivity (Wildman–Crippen MR) is 107 cm³/mol. The van der Waals surface area contributed by atoms with E-state index in [9.17, 15) is 14.4 Å². The molecule has 1 N–H and O–H groups in total. The Bertz CT molecular complexity index is 1070. The standard InChI is InChI=1S/C20H14BrN3O5/c1-28-17-10-12(5-6-16(17)29-8-7-22)9-15-18(25)23-20(27)24(19(15)26)14-4-2-3-13(21)11-14/h2-6,9-11H,8H2,1H3,(H,23,25,27). The molecule has 0 spiro atoms. The van der Waals surface area contributed by atoms with Gasteiger partial charge in [-0.3, -0.25) is 14.9 Å². The number of benzene rings is 2. The average molecular weight is 456 g/mol. The fourth-order valence-corrected chi connectivity index (χ4v) is 3.06. The lowest BCUT2D eigenvalue weighted by atomic mass is 10.1. The molecular formula is C20H14BrN3O5. The van der Waals surface area contributed by atoms with E-state index in [0.717, 1.165) is 4.90 Å². The fourth-order valence-electron chi connectivity index (χ4n) is 2.68. The zero-order valence-electron chi connectivity index (χ0n) is 15.1. The van der Waals surface area contributed by atoms with E-state index in [1.54, 1.807) is 42.5 Å². The van der Waals surface area contributed by atoms with Gasteiger partial charge in [-0.25, -0.2) is 9.69 Å². The van der Waals surface area contributed by atoms with Gasteiger partial charge in [0.2, 0.25) is 0 Å². The van der Waals surface area contributed by atoms with Crippen molar-refractivity contribution in [2.45, 2.75) is 0 Å². The highest BCUT2D eigenvalue weighted by molar-refractivity contribution is 9.10. The summed E-state index contributed by atoms with van der Waals surface area (Å²) in [4.78, 5) is 38.3. The molecule has 0 unspecified atom stereocenters. The lowest BCUT2D eigenvalue weighted by molar-refractivity contribution is -0.122. The molecule has 8 nitrogen and oxygen atoms in total. The van der Waals surface area contributed by atoms with Gasteiger partial charge in [0.05, 0.1) is 12.8 Å². The van der Waals surface area contributed by atoms with E-state index in [0.29, 0.717) is 27.2 Å². The third-order valence-electron chi connectivity index (χ3n) is 3.96. The number of halogens is 1. The van der Waals surface area contributed by atoms with Crippen LogP contribution in [0, 0.1) is 11.3 Å². The predicted octanol–water partition coefficient (Wildman–Crippen LogP) is 3.03. The summed E-state index contributed by atoms with van der Waals surface area (Å²) >= 11 is 3.29. The molecule has 2 aromatic rings. The van der Waals surface area contributed by atoms with E-state index >= 15 is 0 Å². The number of imide groups is 2. The molecule has 1 aliphatic rings. The quantitative estimate of drug-likeness (QED) is 0.548. The molecule has 9 heteroatoms. The number of nitriles is 1. The van der Waals surface area contributed by atoms with Gasteiger partial charge in [0.1, 0.15) is 11.6 Å². The van der Waals surface area contributed by atoms with Crippen molar-refractivity contribution < 1.29 is 23.9 Å². The molecule has 1 heterocycles. The van der Waals surface area contributed by atoms with Crippen molar-refractivity contribution >= 4 is 45.5 Å². The number of urea groups is 1. The molecule has 2 aromatic carbocycles. The Hall–Kier alpha value is -3.64. The Morgan fingerprint density at radius 2 is 1.97 bits per heavy atom. The van der Waals surface area contributed by atoms with Crippen LogP contribution in [0.1, 0.15) is 5.56 Å². The van der Waals surface area contributed by atoms with Crippen LogP contribution in [0.2, 0.25) is 0 Å². The summed E-state index contributed by atoms with van der Waals surface area (Å²) in [5, 5.41) is 10.8. The second kappa shape index (κ2) is 8.58. The molecule has 1 fully saturated rings. The molecule has 4 amide bonds. The third kappa shape index (κ3) is 4.28. The van der Waals surface area contributed by atoms with Gasteiger partial charge in [-0.05, 0) is 42.0 Å². The minimum atomic E-state index is -0.826. The number of nitrogens with zero attached hydrogens (tertiary/aromatic N) is 2. The Morgan fingerprint density at radius 1 is 1.17 bits per heavy atom. The van der Waals surface area contributed by atoms with Crippen LogP contribution < -0.4 is 19.7 Å². The van der Waals surface area contributed by atoms with Gasteiger partial charge >= 0.3 is 6.03 Å². The van der Waals surface area contributed by atoms with Crippen molar-refractivity contribution in [3.05, 3.63) is 58.1 Å². The molecule has 1 saturated heterocycles. The van der Waals surface area contributed by atoms with Crippen LogP contribution in [0.5, 0.6) is 11.5 Å². The maximum absolute atomic E-state index is 12.9. The van der Waals surface area contributed by atoms with Gasteiger partial charge in [0, 0.05) is 4.47 Å². The molecule has 0 saturated carbocycles. The molecule has 0 aliphatic carbocycles. The third-order valence-corrected chi connectivity index (χ3v) is 4.45. The molecule has 1 aliphatic heterocycles. The van der Waals surface area contributed by atoms with Gasteiger partial charge in [0.15, 0.2) is 18.1 Å². The van der Waals surface area contributed by atoms with Crippen LogP contribution >= 0.6 is 15.9 Å². The Labute approximate surface area is 174 Å². The van der Waals surface area contributed by atoms with Crippen LogP contribution in [0.4, 0.5) is 10.5 Å². The van der Waals surface area contributed by atoms with Crippen molar-refractivity contribution in [2.24, 2.45) is 0 Å². The number of amides is 4. The Morgan fingerprint density at radius 3 is 2.66 bits per heavy atom. The number of anilines is 1. The van der Waals surface area contributed by atoms with E-state index in [1.807, 2.05) is 6.07 Å². The number of rotatable bonds is 5. The first kappa shape index (κ1) is 20.1. The van der Waals surface area contributed by atoms with E-state index in [4.69, 9.17) is 14.7 Å². The molecule has 0 bridgehead atoms. The summed E-state index contributed by atoms with van der Waals surface area (Å²) in [6.45, 7) is -0.151. The van der Waals surface area contributed by atoms with Gasteiger partial charge in [0.25, 0.3) is 11.8 Å². The largest absolute Gasteiger partial charge is 0.493 e. The van der Waals surface area contributed by atoms with Crippen LogP contribution in [-0.2, 0) is 9.59 Å². The minimum Gasteiger partial charge on any atom is -0.493 e. The Kier molecular flexibility index (Phi) is 5.95. The first-order chi connectivity index (χ1) is 13.9. The normalized spacial score (nSPS) is 15.1. The van der Waals surface area contributed by atoms with Crippen molar-refractivity contribution in [3.63, 3.8) is 0 Å². The van der Waals surface area contributed by atoms with Crippen LogP contribution in [0.25, 0.3) is 6.08 Å². The smallest absolute Gasteiger partial charge is 0.335 e. The lowest BCUT2D eigenvalue weighted by Crippen LogP contribution is -2.54. The van der Waals surface area contributed by atoms with Crippen molar-refractivity contribution in [1.29, 1.82) is 5.26 Å². The first-order valence-electron chi connectivity index (χ1n) is 8.29. The number of methoxy groups -OCH3 is 1. The number of hydrogen-bond donors (Lipinski definition) is 1. The van der Waals surface area contributed by atoms with Crippen molar-refractivity contribution in [2.75, 3.05) is 18.6 Å². The molecule has 146 valence electrons. The number of carbonyl (C=O) groups excluding carboxylic acids is 3. The summed E-state index contributed by atoms with van der Waals surface area (Å²) in [5.41, 5.74) is 0.587. The fraction of sp³-hybridized carbons (Fsp3) is 0.100.